The normalized spacial score (nSPS) is 21.4. The first-order chi connectivity index (χ1) is 11.8. The number of carbonyl (C=O) groups excluding carboxylic acids is 1. The minimum Gasteiger partial charge on any atom is -0.346 e. The van der Waals surface area contributed by atoms with Gasteiger partial charge in [-0.05, 0) is 37.7 Å². The molecule has 0 radical (unpaired) electrons. The van der Waals surface area contributed by atoms with Crippen molar-refractivity contribution in [3.63, 3.8) is 0 Å². The van der Waals surface area contributed by atoms with Gasteiger partial charge in [-0.25, -0.2) is 9.50 Å². The molecule has 8 nitrogen and oxygen atoms in total. The Morgan fingerprint density at radius 1 is 1.38 bits per heavy atom. The second-order valence-corrected chi connectivity index (χ2v) is 6.48. The number of fused-ring (bicyclic) bond motifs is 3. The van der Waals surface area contributed by atoms with Gasteiger partial charge in [-0.2, -0.15) is 0 Å². The molecule has 3 aromatic heterocycles. The summed E-state index contributed by atoms with van der Waals surface area (Å²) in [6.45, 7) is 0.210. The van der Waals surface area contributed by atoms with Crippen LogP contribution >= 0.6 is 0 Å². The quantitative estimate of drug-likeness (QED) is 0.625. The Morgan fingerprint density at radius 2 is 2.21 bits per heavy atom. The van der Waals surface area contributed by atoms with Crippen LogP contribution in [0, 0.1) is 5.92 Å². The number of H-pyrrole nitrogens is 1. The number of nitrogens with zero attached hydrogens (tertiary/aromatic N) is 4. The van der Waals surface area contributed by atoms with E-state index in [0.717, 1.165) is 47.9 Å². The van der Waals surface area contributed by atoms with Crippen molar-refractivity contribution < 1.29 is 4.79 Å². The SMILES string of the molecule is NCNC(=O)CC1CCC(c2nnn3cnc4[nH]ccc4c23)CC1. The van der Waals surface area contributed by atoms with Crippen molar-refractivity contribution in [1.29, 1.82) is 0 Å². The standard InChI is InChI=1S/C16H21N7O/c17-8-19-13(24)7-10-1-3-11(4-2-10)14-15-12-5-6-18-16(12)20-9-23(15)22-21-14/h5-6,9-11,18H,1-4,7-8,17H2,(H,19,24). The Hall–Kier alpha value is -2.48. The molecule has 1 aliphatic carbocycles. The fraction of sp³-hybridized carbons (Fsp3) is 0.500. The van der Waals surface area contributed by atoms with E-state index in [-0.39, 0.29) is 12.6 Å². The zero-order chi connectivity index (χ0) is 16.5. The molecule has 0 aliphatic heterocycles. The molecule has 0 spiro atoms. The van der Waals surface area contributed by atoms with E-state index in [1.54, 1.807) is 10.8 Å². The molecule has 4 N–H and O–H groups in total. The van der Waals surface area contributed by atoms with Crippen molar-refractivity contribution in [3.8, 4) is 0 Å². The third-order valence-corrected chi connectivity index (χ3v) is 5.00. The van der Waals surface area contributed by atoms with E-state index in [1.807, 2.05) is 12.3 Å². The zero-order valence-electron chi connectivity index (χ0n) is 13.4. The van der Waals surface area contributed by atoms with Gasteiger partial charge in [0.15, 0.2) is 0 Å². The second-order valence-electron chi connectivity index (χ2n) is 6.48. The molecule has 4 rings (SSSR count). The van der Waals surface area contributed by atoms with Crippen LogP contribution in [0.4, 0.5) is 0 Å². The Morgan fingerprint density at radius 3 is 3.00 bits per heavy atom. The Balaban J connectivity index is 1.53. The minimum absolute atomic E-state index is 0.0511. The number of aromatic amines is 1. The summed E-state index contributed by atoms with van der Waals surface area (Å²) in [6, 6.07) is 2.02. The summed E-state index contributed by atoms with van der Waals surface area (Å²) in [5, 5.41) is 12.4. The van der Waals surface area contributed by atoms with Crippen LogP contribution in [0.1, 0.15) is 43.7 Å². The fourth-order valence-corrected chi connectivity index (χ4v) is 3.78. The lowest BCUT2D eigenvalue weighted by molar-refractivity contribution is -0.122. The highest BCUT2D eigenvalue weighted by Gasteiger charge is 2.27. The lowest BCUT2D eigenvalue weighted by Gasteiger charge is -2.27. The summed E-state index contributed by atoms with van der Waals surface area (Å²) in [6.07, 6.45) is 8.28. The van der Waals surface area contributed by atoms with Crippen LogP contribution in [-0.2, 0) is 4.79 Å². The first-order valence-corrected chi connectivity index (χ1v) is 8.40. The maximum atomic E-state index is 11.7. The van der Waals surface area contributed by atoms with Crippen molar-refractivity contribution in [2.24, 2.45) is 11.7 Å². The Kier molecular flexibility index (Phi) is 3.89. The molecular formula is C16H21N7O. The van der Waals surface area contributed by atoms with Crippen molar-refractivity contribution in [3.05, 3.63) is 24.3 Å². The number of rotatable bonds is 4. The van der Waals surface area contributed by atoms with Crippen LogP contribution in [-0.4, -0.2) is 37.4 Å². The minimum atomic E-state index is 0.0511. The average molecular weight is 327 g/mol. The van der Waals surface area contributed by atoms with E-state index in [4.69, 9.17) is 5.73 Å². The van der Waals surface area contributed by atoms with E-state index in [2.05, 4.69) is 25.6 Å². The predicted octanol–water partition coefficient (Wildman–Crippen LogP) is 1.30. The molecule has 1 amide bonds. The molecule has 3 heterocycles. The molecule has 1 fully saturated rings. The molecule has 1 aliphatic rings. The van der Waals surface area contributed by atoms with Crippen LogP contribution in [0.2, 0.25) is 0 Å². The highest BCUT2D eigenvalue weighted by atomic mass is 16.1. The van der Waals surface area contributed by atoms with E-state index < -0.39 is 0 Å². The molecule has 0 saturated heterocycles. The number of amides is 1. The molecule has 24 heavy (non-hydrogen) atoms. The molecule has 8 heteroatoms. The number of hydrogen-bond donors (Lipinski definition) is 3. The van der Waals surface area contributed by atoms with Crippen molar-refractivity contribution in [1.82, 2.24) is 30.1 Å². The van der Waals surface area contributed by atoms with Gasteiger partial charge in [0.1, 0.15) is 17.5 Å². The summed E-state index contributed by atoms with van der Waals surface area (Å²) in [5.74, 6) is 0.871. The summed E-state index contributed by atoms with van der Waals surface area (Å²) in [5.41, 5.74) is 8.31. The topological polar surface area (TPSA) is 114 Å². The number of aromatic nitrogens is 5. The third-order valence-electron chi connectivity index (χ3n) is 5.00. The van der Waals surface area contributed by atoms with Gasteiger partial charge in [-0.1, -0.05) is 5.21 Å². The van der Waals surface area contributed by atoms with Gasteiger partial charge in [0.2, 0.25) is 5.91 Å². The van der Waals surface area contributed by atoms with Crippen molar-refractivity contribution in [2.45, 2.75) is 38.0 Å². The molecule has 0 unspecified atom stereocenters. The first kappa shape index (κ1) is 15.1. The van der Waals surface area contributed by atoms with Crippen LogP contribution in [0.5, 0.6) is 0 Å². The third kappa shape index (κ3) is 2.62. The number of carbonyl (C=O) groups is 1. The lowest BCUT2D eigenvalue weighted by atomic mass is 9.79. The zero-order valence-corrected chi connectivity index (χ0v) is 13.4. The van der Waals surface area contributed by atoms with Crippen LogP contribution in [0.15, 0.2) is 18.6 Å². The summed E-state index contributed by atoms with van der Waals surface area (Å²) >= 11 is 0. The van der Waals surface area contributed by atoms with Crippen molar-refractivity contribution in [2.75, 3.05) is 6.67 Å². The van der Waals surface area contributed by atoms with E-state index in [1.165, 1.54) is 0 Å². The average Bonchev–Trinajstić information content (AvgIpc) is 3.21. The molecule has 0 aromatic carbocycles. The summed E-state index contributed by atoms with van der Waals surface area (Å²) in [4.78, 5) is 19.2. The van der Waals surface area contributed by atoms with E-state index >= 15 is 0 Å². The fourth-order valence-electron chi connectivity index (χ4n) is 3.78. The summed E-state index contributed by atoms with van der Waals surface area (Å²) < 4.78 is 1.76. The van der Waals surface area contributed by atoms with Gasteiger partial charge in [0.25, 0.3) is 0 Å². The Bertz CT molecular complexity index is 860. The number of nitrogens with one attached hydrogen (secondary N) is 2. The monoisotopic (exact) mass is 327 g/mol. The summed E-state index contributed by atoms with van der Waals surface area (Å²) in [7, 11) is 0. The second kappa shape index (κ2) is 6.20. The first-order valence-electron chi connectivity index (χ1n) is 8.40. The molecular weight excluding hydrogens is 306 g/mol. The van der Waals surface area contributed by atoms with Gasteiger partial charge >= 0.3 is 0 Å². The van der Waals surface area contributed by atoms with E-state index in [9.17, 15) is 4.79 Å². The van der Waals surface area contributed by atoms with Crippen LogP contribution in [0.3, 0.4) is 0 Å². The largest absolute Gasteiger partial charge is 0.346 e. The maximum Gasteiger partial charge on any atom is 0.221 e. The van der Waals surface area contributed by atoms with E-state index in [0.29, 0.717) is 18.3 Å². The predicted molar refractivity (Wildman–Crippen MR) is 89.2 cm³/mol. The molecule has 0 bridgehead atoms. The van der Waals surface area contributed by atoms with Crippen LogP contribution < -0.4 is 11.1 Å². The lowest BCUT2D eigenvalue weighted by Crippen LogP contribution is -2.31. The van der Waals surface area contributed by atoms with Crippen LogP contribution in [0.25, 0.3) is 16.6 Å². The highest BCUT2D eigenvalue weighted by molar-refractivity contribution is 5.92. The van der Waals surface area contributed by atoms with Gasteiger partial charge in [0, 0.05) is 23.9 Å². The van der Waals surface area contributed by atoms with Crippen molar-refractivity contribution >= 4 is 22.5 Å². The molecule has 3 aromatic rings. The van der Waals surface area contributed by atoms with Gasteiger partial charge < -0.3 is 16.0 Å². The maximum absolute atomic E-state index is 11.7. The smallest absolute Gasteiger partial charge is 0.221 e. The van der Waals surface area contributed by atoms with Gasteiger partial charge in [-0.3, -0.25) is 4.79 Å². The van der Waals surface area contributed by atoms with Gasteiger partial charge in [0.05, 0.1) is 12.4 Å². The molecule has 0 atom stereocenters. The molecule has 1 saturated carbocycles. The van der Waals surface area contributed by atoms with Gasteiger partial charge in [-0.15, -0.1) is 5.10 Å². The highest BCUT2D eigenvalue weighted by Crippen LogP contribution is 2.38. The number of hydrogen-bond acceptors (Lipinski definition) is 5. The molecule has 126 valence electrons. The Labute approximate surface area is 138 Å². The number of nitrogens with two attached hydrogens (primary N) is 1.